The van der Waals surface area contributed by atoms with Gasteiger partial charge in [-0.3, -0.25) is 4.79 Å². The lowest BCUT2D eigenvalue weighted by molar-refractivity contribution is -0.126. The number of hydrogen-bond donors (Lipinski definition) is 3. The standard InChI is InChI=1S/C27H36N2O5/c1-17(2)26-18(3)6-5-7-23(26)34-16-25(30)29-22-13-12-21(14-24(22)33-4)28-15-19-8-10-20(11-9-19)27(31)32/h8-14,17-18,23,26,28H,5-7,15-16H2,1-4H3,(H,29,30)(H,31,32). The highest BCUT2D eigenvalue weighted by Crippen LogP contribution is 2.37. The Labute approximate surface area is 201 Å². The molecule has 184 valence electrons. The highest BCUT2D eigenvalue weighted by atomic mass is 16.5. The first-order valence-electron chi connectivity index (χ1n) is 11.9. The molecule has 0 radical (unpaired) electrons. The first-order valence-corrected chi connectivity index (χ1v) is 11.9. The van der Waals surface area contributed by atoms with E-state index in [1.54, 1.807) is 37.4 Å². The van der Waals surface area contributed by atoms with Crippen molar-refractivity contribution in [2.24, 2.45) is 17.8 Å². The number of ether oxygens (including phenoxy) is 2. The van der Waals surface area contributed by atoms with Gasteiger partial charge in [-0.15, -0.1) is 0 Å². The normalized spacial score (nSPS) is 20.1. The molecule has 1 saturated carbocycles. The minimum Gasteiger partial charge on any atom is -0.494 e. The van der Waals surface area contributed by atoms with Crippen LogP contribution in [0.3, 0.4) is 0 Å². The second kappa shape index (κ2) is 11.9. The fourth-order valence-corrected chi connectivity index (χ4v) is 4.92. The van der Waals surface area contributed by atoms with E-state index in [0.29, 0.717) is 35.7 Å². The van der Waals surface area contributed by atoms with Gasteiger partial charge in [0.1, 0.15) is 12.4 Å². The van der Waals surface area contributed by atoms with Crippen LogP contribution in [0.15, 0.2) is 42.5 Å². The summed E-state index contributed by atoms with van der Waals surface area (Å²) >= 11 is 0. The second-order valence-corrected chi connectivity index (χ2v) is 9.40. The minimum atomic E-state index is -0.944. The maximum Gasteiger partial charge on any atom is 0.335 e. The number of aromatic carboxylic acids is 1. The Morgan fingerprint density at radius 1 is 1.12 bits per heavy atom. The van der Waals surface area contributed by atoms with Gasteiger partial charge >= 0.3 is 5.97 Å². The Morgan fingerprint density at radius 2 is 1.85 bits per heavy atom. The lowest BCUT2D eigenvalue weighted by atomic mass is 9.72. The molecule has 3 N–H and O–H groups in total. The van der Waals surface area contributed by atoms with Crippen LogP contribution < -0.4 is 15.4 Å². The summed E-state index contributed by atoms with van der Waals surface area (Å²) < 4.78 is 11.5. The Bertz CT molecular complexity index is 973. The van der Waals surface area contributed by atoms with Crippen LogP contribution in [-0.2, 0) is 16.1 Å². The number of amides is 1. The molecule has 7 nitrogen and oxygen atoms in total. The summed E-state index contributed by atoms with van der Waals surface area (Å²) in [6.07, 6.45) is 3.49. The van der Waals surface area contributed by atoms with E-state index in [1.165, 1.54) is 6.42 Å². The van der Waals surface area contributed by atoms with Gasteiger partial charge in [0.25, 0.3) is 0 Å². The molecule has 3 rings (SSSR count). The SMILES string of the molecule is COc1cc(NCc2ccc(C(=O)O)cc2)ccc1NC(=O)COC1CCCC(C)C1C(C)C. The van der Waals surface area contributed by atoms with Crippen molar-refractivity contribution < 1.29 is 24.2 Å². The van der Waals surface area contributed by atoms with Crippen LogP contribution >= 0.6 is 0 Å². The summed E-state index contributed by atoms with van der Waals surface area (Å²) in [5.41, 5.74) is 2.62. The molecular formula is C27H36N2O5. The molecule has 1 fully saturated rings. The van der Waals surface area contributed by atoms with E-state index in [1.807, 2.05) is 12.1 Å². The number of anilines is 2. The number of benzene rings is 2. The summed E-state index contributed by atoms with van der Waals surface area (Å²) in [5.74, 6) is 1.02. The molecule has 1 aliphatic rings. The number of hydrogen-bond acceptors (Lipinski definition) is 5. The van der Waals surface area contributed by atoms with Gasteiger partial charge < -0.3 is 25.2 Å². The van der Waals surface area contributed by atoms with Crippen molar-refractivity contribution in [1.82, 2.24) is 0 Å². The molecule has 7 heteroatoms. The van der Waals surface area contributed by atoms with Gasteiger partial charge in [-0.2, -0.15) is 0 Å². The van der Waals surface area contributed by atoms with E-state index >= 15 is 0 Å². The van der Waals surface area contributed by atoms with Crippen molar-refractivity contribution in [2.45, 2.75) is 52.7 Å². The van der Waals surface area contributed by atoms with Crippen molar-refractivity contribution in [3.8, 4) is 5.75 Å². The highest BCUT2D eigenvalue weighted by Gasteiger charge is 2.33. The molecule has 0 spiro atoms. The van der Waals surface area contributed by atoms with Crippen LogP contribution in [0.1, 0.15) is 56.0 Å². The first-order chi connectivity index (χ1) is 16.3. The summed E-state index contributed by atoms with van der Waals surface area (Å²) in [6.45, 7) is 7.30. The smallest absolute Gasteiger partial charge is 0.335 e. The predicted octanol–water partition coefficient (Wildman–Crippen LogP) is 5.42. The van der Waals surface area contributed by atoms with Crippen LogP contribution in [0.5, 0.6) is 5.75 Å². The van der Waals surface area contributed by atoms with Gasteiger partial charge in [-0.1, -0.05) is 45.7 Å². The largest absolute Gasteiger partial charge is 0.494 e. The number of carbonyl (C=O) groups excluding carboxylic acids is 1. The number of carboxylic acids is 1. The van der Waals surface area contributed by atoms with E-state index in [-0.39, 0.29) is 24.2 Å². The number of methoxy groups -OCH3 is 1. The Balaban J connectivity index is 1.55. The van der Waals surface area contributed by atoms with Crippen molar-refractivity contribution in [1.29, 1.82) is 0 Å². The van der Waals surface area contributed by atoms with Crippen LogP contribution in [0.25, 0.3) is 0 Å². The fraction of sp³-hybridized carbons (Fsp3) is 0.481. The van der Waals surface area contributed by atoms with Crippen molar-refractivity contribution in [2.75, 3.05) is 24.4 Å². The molecule has 3 atom stereocenters. The summed E-state index contributed by atoms with van der Waals surface area (Å²) in [6, 6.07) is 12.2. The lowest BCUT2D eigenvalue weighted by Crippen LogP contribution is -2.38. The molecule has 3 unspecified atom stereocenters. The molecule has 1 aliphatic carbocycles. The van der Waals surface area contributed by atoms with Gasteiger partial charge in [0.15, 0.2) is 0 Å². The first kappa shape index (κ1) is 25.6. The second-order valence-electron chi connectivity index (χ2n) is 9.40. The third-order valence-electron chi connectivity index (χ3n) is 6.61. The zero-order valence-electron chi connectivity index (χ0n) is 20.5. The number of carbonyl (C=O) groups is 2. The Morgan fingerprint density at radius 3 is 2.50 bits per heavy atom. The van der Waals surface area contributed by atoms with Gasteiger partial charge in [0.2, 0.25) is 5.91 Å². The van der Waals surface area contributed by atoms with E-state index < -0.39 is 5.97 Å². The lowest BCUT2D eigenvalue weighted by Gasteiger charge is -2.38. The predicted molar refractivity (Wildman–Crippen MR) is 133 cm³/mol. The van der Waals surface area contributed by atoms with Gasteiger partial charge in [0, 0.05) is 18.3 Å². The van der Waals surface area contributed by atoms with Crippen LogP contribution in [0.2, 0.25) is 0 Å². The zero-order valence-corrected chi connectivity index (χ0v) is 20.5. The molecule has 0 aromatic heterocycles. The quantitative estimate of drug-likeness (QED) is 0.431. The van der Waals surface area contributed by atoms with E-state index in [2.05, 4.69) is 31.4 Å². The fourth-order valence-electron chi connectivity index (χ4n) is 4.92. The molecular weight excluding hydrogens is 432 g/mol. The molecule has 0 aliphatic heterocycles. The van der Waals surface area contributed by atoms with Crippen molar-refractivity contribution in [3.63, 3.8) is 0 Å². The zero-order chi connectivity index (χ0) is 24.7. The number of nitrogens with one attached hydrogen (secondary N) is 2. The third kappa shape index (κ3) is 6.73. The van der Waals surface area contributed by atoms with E-state index in [0.717, 1.165) is 24.1 Å². The Hall–Kier alpha value is -3.06. The number of carboxylic acid groups (broad SMARTS) is 1. The molecule has 2 aromatic carbocycles. The van der Waals surface area contributed by atoms with E-state index in [4.69, 9.17) is 14.6 Å². The molecule has 0 heterocycles. The average Bonchev–Trinajstić information content (AvgIpc) is 2.82. The Kier molecular flexibility index (Phi) is 8.93. The van der Waals surface area contributed by atoms with Crippen LogP contribution in [0.4, 0.5) is 11.4 Å². The van der Waals surface area contributed by atoms with Crippen LogP contribution in [-0.4, -0.2) is 36.8 Å². The summed E-state index contributed by atoms with van der Waals surface area (Å²) in [7, 11) is 1.56. The highest BCUT2D eigenvalue weighted by molar-refractivity contribution is 5.93. The molecule has 0 bridgehead atoms. The number of rotatable bonds is 10. The molecule has 1 amide bonds. The third-order valence-corrected chi connectivity index (χ3v) is 6.61. The van der Waals surface area contributed by atoms with Gasteiger partial charge in [0.05, 0.1) is 24.5 Å². The molecule has 34 heavy (non-hydrogen) atoms. The monoisotopic (exact) mass is 468 g/mol. The molecule has 2 aromatic rings. The van der Waals surface area contributed by atoms with Crippen molar-refractivity contribution >= 4 is 23.3 Å². The maximum atomic E-state index is 12.6. The summed E-state index contributed by atoms with van der Waals surface area (Å²) in [4.78, 5) is 23.6. The van der Waals surface area contributed by atoms with Crippen molar-refractivity contribution in [3.05, 3.63) is 53.6 Å². The van der Waals surface area contributed by atoms with Gasteiger partial charge in [-0.05, 0) is 54.0 Å². The maximum absolute atomic E-state index is 12.6. The average molecular weight is 469 g/mol. The van der Waals surface area contributed by atoms with E-state index in [9.17, 15) is 9.59 Å². The topological polar surface area (TPSA) is 96.9 Å². The van der Waals surface area contributed by atoms with Crippen LogP contribution in [0, 0.1) is 17.8 Å². The summed E-state index contributed by atoms with van der Waals surface area (Å²) in [5, 5.41) is 15.2. The minimum absolute atomic E-state index is 0.0239. The van der Waals surface area contributed by atoms with Gasteiger partial charge in [-0.25, -0.2) is 4.79 Å². The molecule has 0 saturated heterocycles.